The van der Waals surface area contributed by atoms with E-state index >= 15 is 0 Å². The van der Waals surface area contributed by atoms with E-state index in [-0.39, 0.29) is 0 Å². The molecule has 0 aromatic heterocycles. The van der Waals surface area contributed by atoms with Gasteiger partial charge in [-0.15, -0.1) is 0 Å². The second-order valence-electron chi connectivity index (χ2n) is 4.92. The van der Waals surface area contributed by atoms with Crippen molar-refractivity contribution in [3.63, 3.8) is 0 Å². The van der Waals surface area contributed by atoms with E-state index in [1.807, 2.05) is 0 Å². The van der Waals surface area contributed by atoms with Crippen LogP contribution in [0.4, 0.5) is 0 Å². The van der Waals surface area contributed by atoms with Gasteiger partial charge < -0.3 is 5.73 Å². The van der Waals surface area contributed by atoms with Crippen LogP contribution in [0.1, 0.15) is 30.9 Å². The molecule has 1 aromatic carbocycles. The summed E-state index contributed by atoms with van der Waals surface area (Å²) in [6.45, 7) is 1.17. The number of rotatable bonds is 2. The van der Waals surface area contributed by atoms with Crippen molar-refractivity contribution >= 4 is 15.9 Å². The van der Waals surface area contributed by atoms with Crippen LogP contribution in [0.15, 0.2) is 28.7 Å². The Morgan fingerprint density at radius 1 is 1.25 bits per heavy atom. The molecule has 1 aliphatic heterocycles. The summed E-state index contributed by atoms with van der Waals surface area (Å²) in [6, 6.07) is 10.1. The Morgan fingerprint density at radius 3 is 2.75 bits per heavy atom. The first-order valence-electron chi connectivity index (χ1n) is 6.02. The normalized spacial score (nSPS) is 30.9. The summed E-state index contributed by atoms with van der Waals surface area (Å²) in [5.74, 6) is 0. The van der Waals surface area contributed by atoms with Crippen molar-refractivity contribution in [1.82, 2.24) is 4.90 Å². The zero-order valence-corrected chi connectivity index (χ0v) is 10.9. The third-order valence-electron chi connectivity index (χ3n) is 3.69. The lowest BCUT2D eigenvalue weighted by atomic mass is 10.0. The van der Waals surface area contributed by atoms with Crippen LogP contribution in [-0.4, -0.2) is 23.5 Å². The first-order valence-corrected chi connectivity index (χ1v) is 6.82. The van der Waals surface area contributed by atoms with Gasteiger partial charge in [0.25, 0.3) is 0 Å². The number of nitrogens with zero attached hydrogens (tertiary/aromatic N) is 1. The van der Waals surface area contributed by atoms with E-state index in [9.17, 15) is 0 Å². The Kier molecular flexibility index (Phi) is 2.78. The number of benzene rings is 1. The van der Waals surface area contributed by atoms with Crippen molar-refractivity contribution in [2.45, 2.75) is 37.4 Å². The second kappa shape index (κ2) is 4.13. The van der Waals surface area contributed by atoms with E-state index in [0.29, 0.717) is 12.1 Å². The minimum atomic E-state index is 0.301. The van der Waals surface area contributed by atoms with Gasteiger partial charge in [-0.3, -0.25) is 4.90 Å². The van der Waals surface area contributed by atoms with Crippen molar-refractivity contribution in [1.29, 1.82) is 0 Å². The van der Waals surface area contributed by atoms with E-state index in [4.69, 9.17) is 5.73 Å². The molecule has 1 saturated carbocycles. The maximum atomic E-state index is 6.26. The van der Waals surface area contributed by atoms with E-state index < -0.39 is 0 Å². The average molecular weight is 281 g/mol. The lowest BCUT2D eigenvalue weighted by Gasteiger charge is -2.27. The Labute approximate surface area is 105 Å². The minimum absolute atomic E-state index is 0.301. The first kappa shape index (κ1) is 10.8. The molecule has 86 valence electrons. The summed E-state index contributed by atoms with van der Waals surface area (Å²) >= 11 is 3.54. The maximum Gasteiger partial charge on any atom is 0.0502 e. The molecule has 1 heterocycles. The Morgan fingerprint density at radius 2 is 2.06 bits per heavy atom. The largest absolute Gasteiger partial charge is 0.326 e. The molecule has 0 bridgehead atoms. The summed E-state index contributed by atoms with van der Waals surface area (Å²) in [4.78, 5) is 2.60. The molecule has 0 radical (unpaired) electrons. The second-order valence-corrected chi connectivity index (χ2v) is 5.84. The molecule has 2 aliphatic rings. The lowest BCUT2D eigenvalue weighted by Crippen LogP contribution is -2.33. The molecule has 2 N–H and O–H groups in total. The van der Waals surface area contributed by atoms with Crippen LogP contribution in [0.25, 0.3) is 0 Å². The Balaban J connectivity index is 1.90. The summed E-state index contributed by atoms with van der Waals surface area (Å²) in [6.07, 6.45) is 3.85. The van der Waals surface area contributed by atoms with Crippen LogP contribution in [0.5, 0.6) is 0 Å². The molecule has 1 aromatic rings. The van der Waals surface area contributed by atoms with Gasteiger partial charge >= 0.3 is 0 Å². The zero-order valence-electron chi connectivity index (χ0n) is 9.27. The average Bonchev–Trinajstić information content (AvgIpc) is 3.02. The fraction of sp³-hybridized carbons (Fsp3) is 0.538. The Bertz CT molecular complexity index is 389. The molecule has 1 aliphatic carbocycles. The molecule has 3 rings (SSSR count). The van der Waals surface area contributed by atoms with Gasteiger partial charge in [0.2, 0.25) is 0 Å². The van der Waals surface area contributed by atoms with Crippen LogP contribution >= 0.6 is 15.9 Å². The molecule has 2 atom stereocenters. The molecule has 2 unspecified atom stereocenters. The van der Waals surface area contributed by atoms with E-state index in [2.05, 4.69) is 45.1 Å². The molecule has 0 amide bonds. The van der Waals surface area contributed by atoms with Crippen LogP contribution in [0.3, 0.4) is 0 Å². The number of halogens is 1. The molecular formula is C13H17BrN2. The van der Waals surface area contributed by atoms with Gasteiger partial charge in [-0.1, -0.05) is 28.1 Å². The van der Waals surface area contributed by atoms with Crippen molar-refractivity contribution in [3.05, 3.63) is 34.3 Å². The summed E-state index contributed by atoms with van der Waals surface area (Å²) < 4.78 is 1.15. The quantitative estimate of drug-likeness (QED) is 0.903. The van der Waals surface area contributed by atoms with Crippen LogP contribution in [0, 0.1) is 0 Å². The number of likely N-dealkylation sites (tertiary alicyclic amines) is 1. The number of hydrogen-bond acceptors (Lipinski definition) is 2. The molecule has 3 heteroatoms. The van der Waals surface area contributed by atoms with Gasteiger partial charge in [-0.05, 0) is 37.0 Å². The van der Waals surface area contributed by atoms with E-state index in [1.54, 1.807) is 0 Å². The lowest BCUT2D eigenvalue weighted by molar-refractivity contribution is 0.237. The van der Waals surface area contributed by atoms with Crippen LogP contribution < -0.4 is 5.73 Å². The van der Waals surface area contributed by atoms with Gasteiger partial charge in [0, 0.05) is 23.1 Å². The predicted octanol–water partition coefficient (Wildman–Crippen LogP) is 2.69. The monoisotopic (exact) mass is 280 g/mol. The topological polar surface area (TPSA) is 29.3 Å². The van der Waals surface area contributed by atoms with Gasteiger partial charge in [-0.25, -0.2) is 0 Å². The summed E-state index contributed by atoms with van der Waals surface area (Å²) in [5, 5.41) is 0. The van der Waals surface area contributed by atoms with Gasteiger partial charge in [0.1, 0.15) is 0 Å². The number of nitrogens with two attached hydrogens (primary N) is 1. The van der Waals surface area contributed by atoms with Gasteiger partial charge in [0.05, 0.1) is 6.04 Å². The highest BCUT2D eigenvalue weighted by Gasteiger charge is 2.41. The predicted molar refractivity (Wildman–Crippen MR) is 69.2 cm³/mol. The van der Waals surface area contributed by atoms with E-state index in [0.717, 1.165) is 16.9 Å². The van der Waals surface area contributed by atoms with Crippen LogP contribution in [0.2, 0.25) is 0 Å². The number of hydrogen-bond donors (Lipinski definition) is 1. The van der Waals surface area contributed by atoms with Gasteiger partial charge in [0.15, 0.2) is 0 Å². The summed E-state index contributed by atoms with van der Waals surface area (Å²) in [7, 11) is 0. The third kappa shape index (κ3) is 1.92. The maximum absolute atomic E-state index is 6.26. The SMILES string of the molecule is NC1CCN(C2CC2)C1c1cccc(Br)c1. The molecule has 1 saturated heterocycles. The fourth-order valence-electron chi connectivity index (χ4n) is 2.79. The van der Waals surface area contributed by atoms with Crippen molar-refractivity contribution < 1.29 is 0 Å². The molecule has 0 spiro atoms. The fourth-order valence-corrected chi connectivity index (χ4v) is 3.20. The van der Waals surface area contributed by atoms with Crippen molar-refractivity contribution in [2.24, 2.45) is 5.73 Å². The van der Waals surface area contributed by atoms with Crippen LogP contribution in [-0.2, 0) is 0 Å². The minimum Gasteiger partial charge on any atom is -0.326 e. The highest BCUT2D eigenvalue weighted by molar-refractivity contribution is 9.10. The zero-order chi connectivity index (χ0) is 11.1. The molecule has 2 nitrogen and oxygen atoms in total. The van der Waals surface area contributed by atoms with E-state index in [1.165, 1.54) is 24.9 Å². The highest BCUT2D eigenvalue weighted by Crippen LogP contribution is 2.40. The molecule has 16 heavy (non-hydrogen) atoms. The first-order chi connectivity index (χ1) is 7.75. The molecular weight excluding hydrogens is 264 g/mol. The third-order valence-corrected chi connectivity index (χ3v) is 4.18. The molecule has 2 fully saturated rings. The smallest absolute Gasteiger partial charge is 0.0502 e. The Hall–Kier alpha value is -0.380. The summed E-state index contributed by atoms with van der Waals surface area (Å²) in [5.41, 5.74) is 7.63. The van der Waals surface area contributed by atoms with Crippen molar-refractivity contribution in [3.8, 4) is 0 Å². The van der Waals surface area contributed by atoms with Gasteiger partial charge in [-0.2, -0.15) is 0 Å². The standard InChI is InChI=1S/C13H17BrN2/c14-10-3-1-2-9(8-10)13-12(15)6-7-16(13)11-4-5-11/h1-3,8,11-13H,4-7,15H2. The van der Waals surface area contributed by atoms with Crippen molar-refractivity contribution in [2.75, 3.05) is 6.54 Å². The highest BCUT2D eigenvalue weighted by atomic mass is 79.9.